The van der Waals surface area contributed by atoms with Crippen LogP contribution in [0.2, 0.25) is 0 Å². The Morgan fingerprint density at radius 1 is 0.900 bits per heavy atom. The summed E-state index contributed by atoms with van der Waals surface area (Å²) in [4.78, 5) is 0.103. The SMILES string of the molecule is CCOc1ccc(NS(=O)(=O)c2cn(-c3ccccc3)nc2-c2ccccc2)cc1. The molecular formula is C23H21N3O3S. The van der Waals surface area contributed by atoms with Gasteiger partial charge in [-0.3, -0.25) is 4.72 Å². The van der Waals surface area contributed by atoms with E-state index in [1.807, 2.05) is 67.6 Å². The zero-order valence-corrected chi connectivity index (χ0v) is 17.2. The van der Waals surface area contributed by atoms with Crippen molar-refractivity contribution in [2.75, 3.05) is 11.3 Å². The molecule has 0 aliphatic heterocycles. The third-order valence-corrected chi connectivity index (χ3v) is 5.84. The number of para-hydroxylation sites is 1. The van der Waals surface area contributed by atoms with Crippen molar-refractivity contribution in [1.82, 2.24) is 9.78 Å². The van der Waals surface area contributed by atoms with Gasteiger partial charge in [0.05, 0.1) is 18.5 Å². The van der Waals surface area contributed by atoms with Crippen molar-refractivity contribution in [2.24, 2.45) is 0 Å². The summed E-state index contributed by atoms with van der Waals surface area (Å²) in [5, 5.41) is 4.57. The molecule has 1 heterocycles. The third-order valence-electron chi connectivity index (χ3n) is 4.46. The smallest absolute Gasteiger partial charge is 0.265 e. The number of benzene rings is 3. The molecule has 0 saturated heterocycles. The lowest BCUT2D eigenvalue weighted by atomic mass is 10.2. The van der Waals surface area contributed by atoms with Gasteiger partial charge in [-0.15, -0.1) is 0 Å². The zero-order chi connectivity index (χ0) is 21.0. The summed E-state index contributed by atoms with van der Waals surface area (Å²) >= 11 is 0. The molecule has 0 fully saturated rings. The van der Waals surface area contributed by atoms with Crippen molar-refractivity contribution in [1.29, 1.82) is 0 Å². The summed E-state index contributed by atoms with van der Waals surface area (Å²) in [6.07, 6.45) is 1.54. The first kappa shape index (κ1) is 19.7. The number of sulfonamides is 1. The van der Waals surface area contributed by atoms with E-state index >= 15 is 0 Å². The van der Waals surface area contributed by atoms with E-state index in [4.69, 9.17) is 4.74 Å². The predicted octanol–water partition coefficient (Wildman–Crippen LogP) is 4.74. The Morgan fingerprint density at radius 2 is 1.53 bits per heavy atom. The number of nitrogens with one attached hydrogen (secondary N) is 1. The summed E-state index contributed by atoms with van der Waals surface area (Å²) in [5.74, 6) is 0.683. The normalized spacial score (nSPS) is 11.2. The molecule has 0 aliphatic rings. The van der Waals surface area contributed by atoms with E-state index in [9.17, 15) is 8.42 Å². The van der Waals surface area contributed by atoms with Gasteiger partial charge in [-0.1, -0.05) is 48.5 Å². The molecule has 0 saturated carbocycles. The molecule has 0 aliphatic carbocycles. The Bertz CT molecular complexity index is 1220. The monoisotopic (exact) mass is 419 g/mol. The minimum absolute atomic E-state index is 0.103. The van der Waals surface area contributed by atoms with Gasteiger partial charge in [0.1, 0.15) is 16.3 Å². The second-order valence-corrected chi connectivity index (χ2v) is 8.20. The van der Waals surface area contributed by atoms with Gasteiger partial charge in [-0.2, -0.15) is 5.10 Å². The minimum atomic E-state index is -3.88. The first-order chi connectivity index (χ1) is 14.6. The number of rotatable bonds is 7. The van der Waals surface area contributed by atoms with Crippen molar-refractivity contribution in [3.05, 3.63) is 91.1 Å². The van der Waals surface area contributed by atoms with E-state index in [0.29, 0.717) is 23.7 Å². The Hall–Kier alpha value is -3.58. The third kappa shape index (κ3) is 4.21. The highest BCUT2D eigenvalue weighted by Gasteiger charge is 2.24. The van der Waals surface area contributed by atoms with Gasteiger partial charge in [0.2, 0.25) is 0 Å². The second kappa shape index (κ2) is 8.42. The highest BCUT2D eigenvalue weighted by molar-refractivity contribution is 7.92. The number of nitrogens with zero attached hydrogens (tertiary/aromatic N) is 2. The van der Waals surface area contributed by atoms with E-state index < -0.39 is 10.0 Å². The van der Waals surface area contributed by atoms with Crippen LogP contribution in [0.3, 0.4) is 0 Å². The lowest BCUT2D eigenvalue weighted by Crippen LogP contribution is -2.13. The van der Waals surface area contributed by atoms with Gasteiger partial charge >= 0.3 is 0 Å². The number of hydrogen-bond acceptors (Lipinski definition) is 4. The van der Waals surface area contributed by atoms with Crippen LogP contribution in [-0.4, -0.2) is 24.8 Å². The average Bonchev–Trinajstić information content (AvgIpc) is 3.23. The molecule has 0 amide bonds. The summed E-state index contributed by atoms with van der Waals surface area (Å²) in [5.41, 5.74) is 2.33. The van der Waals surface area contributed by atoms with Crippen molar-refractivity contribution >= 4 is 15.7 Å². The fourth-order valence-electron chi connectivity index (χ4n) is 3.06. The molecule has 0 unspecified atom stereocenters. The van der Waals surface area contributed by atoms with Crippen molar-refractivity contribution in [2.45, 2.75) is 11.8 Å². The average molecular weight is 420 g/mol. The van der Waals surface area contributed by atoms with Crippen LogP contribution in [0.15, 0.2) is 96.0 Å². The summed E-state index contributed by atoms with van der Waals surface area (Å²) in [6, 6.07) is 25.5. The molecule has 4 rings (SSSR count). The second-order valence-electron chi connectivity index (χ2n) is 6.55. The van der Waals surface area contributed by atoms with Crippen LogP contribution in [0.5, 0.6) is 5.75 Å². The van der Waals surface area contributed by atoms with Gasteiger partial charge < -0.3 is 4.74 Å². The van der Waals surface area contributed by atoms with Crippen molar-refractivity contribution < 1.29 is 13.2 Å². The maximum atomic E-state index is 13.3. The van der Waals surface area contributed by atoms with Crippen LogP contribution in [0.25, 0.3) is 16.9 Å². The fraction of sp³-hybridized carbons (Fsp3) is 0.0870. The maximum Gasteiger partial charge on any atom is 0.265 e. The molecule has 1 N–H and O–H groups in total. The standard InChI is InChI=1S/C23H21N3O3S/c1-2-29-21-15-13-19(14-16-21)25-30(27,28)22-17-26(20-11-7-4-8-12-20)24-23(22)18-9-5-3-6-10-18/h3-17,25H,2H2,1H3. The van der Waals surface area contributed by atoms with Gasteiger partial charge in [0.25, 0.3) is 10.0 Å². The Morgan fingerprint density at radius 3 is 2.17 bits per heavy atom. The van der Waals surface area contributed by atoms with Gasteiger partial charge in [0.15, 0.2) is 0 Å². The Balaban J connectivity index is 1.75. The van der Waals surface area contributed by atoms with Crippen LogP contribution in [0.1, 0.15) is 6.92 Å². The molecule has 6 nitrogen and oxygen atoms in total. The molecular weight excluding hydrogens is 398 g/mol. The Kier molecular flexibility index (Phi) is 5.54. The van der Waals surface area contributed by atoms with Crippen LogP contribution >= 0.6 is 0 Å². The molecule has 4 aromatic rings. The van der Waals surface area contributed by atoms with Crippen molar-refractivity contribution in [3.63, 3.8) is 0 Å². The largest absolute Gasteiger partial charge is 0.494 e. The molecule has 0 spiro atoms. The quantitative estimate of drug-likeness (QED) is 0.470. The van der Waals surface area contributed by atoms with E-state index in [2.05, 4.69) is 9.82 Å². The molecule has 0 bridgehead atoms. The van der Waals surface area contributed by atoms with E-state index in [1.54, 1.807) is 28.9 Å². The highest BCUT2D eigenvalue weighted by Crippen LogP contribution is 2.29. The molecule has 7 heteroatoms. The topological polar surface area (TPSA) is 73.2 Å². The molecule has 0 radical (unpaired) electrons. The Labute approximate surface area is 175 Å². The molecule has 0 atom stereocenters. The molecule has 3 aromatic carbocycles. The number of anilines is 1. The number of aromatic nitrogens is 2. The van der Waals surface area contributed by atoms with Gasteiger partial charge in [0, 0.05) is 11.3 Å². The predicted molar refractivity (Wildman–Crippen MR) is 117 cm³/mol. The number of ether oxygens (including phenoxy) is 1. The molecule has 1 aromatic heterocycles. The summed E-state index contributed by atoms with van der Waals surface area (Å²) < 4.78 is 36.1. The molecule has 30 heavy (non-hydrogen) atoms. The highest BCUT2D eigenvalue weighted by atomic mass is 32.2. The van der Waals surface area contributed by atoms with E-state index in [0.717, 1.165) is 11.3 Å². The first-order valence-corrected chi connectivity index (χ1v) is 11.0. The van der Waals surface area contributed by atoms with E-state index in [-0.39, 0.29) is 4.90 Å². The van der Waals surface area contributed by atoms with Crippen LogP contribution < -0.4 is 9.46 Å². The number of hydrogen-bond donors (Lipinski definition) is 1. The maximum absolute atomic E-state index is 13.3. The van der Waals surface area contributed by atoms with Gasteiger partial charge in [-0.05, 0) is 43.3 Å². The van der Waals surface area contributed by atoms with Crippen molar-refractivity contribution in [3.8, 4) is 22.7 Å². The molecule has 152 valence electrons. The van der Waals surface area contributed by atoms with Crippen LogP contribution in [0, 0.1) is 0 Å². The van der Waals surface area contributed by atoms with Crippen LogP contribution in [-0.2, 0) is 10.0 Å². The zero-order valence-electron chi connectivity index (χ0n) is 16.4. The summed E-state index contributed by atoms with van der Waals surface area (Å²) in [6.45, 7) is 2.44. The summed E-state index contributed by atoms with van der Waals surface area (Å²) in [7, 11) is -3.88. The lowest BCUT2D eigenvalue weighted by molar-refractivity contribution is 0.340. The van der Waals surface area contributed by atoms with Crippen LogP contribution in [0.4, 0.5) is 5.69 Å². The first-order valence-electron chi connectivity index (χ1n) is 9.53. The van der Waals surface area contributed by atoms with Gasteiger partial charge in [-0.25, -0.2) is 13.1 Å². The lowest BCUT2D eigenvalue weighted by Gasteiger charge is -2.09. The van der Waals surface area contributed by atoms with E-state index in [1.165, 1.54) is 6.20 Å². The fourth-order valence-corrected chi connectivity index (χ4v) is 4.27. The minimum Gasteiger partial charge on any atom is -0.494 e.